The monoisotopic (exact) mass is 236 g/mol. The van der Waals surface area contributed by atoms with Crippen molar-refractivity contribution in [3.8, 4) is 0 Å². The van der Waals surface area contributed by atoms with E-state index in [4.69, 9.17) is 0 Å². The predicted molar refractivity (Wildman–Crippen MR) is 63.8 cm³/mol. The van der Waals surface area contributed by atoms with Crippen LogP contribution in [0, 0.1) is 22.5 Å². The molecule has 0 aromatic carbocycles. The summed E-state index contributed by atoms with van der Waals surface area (Å²) in [5, 5.41) is 10.7. The molecule has 0 radical (unpaired) electrons. The summed E-state index contributed by atoms with van der Waals surface area (Å²) in [7, 11) is 0. The first-order valence-electron chi connectivity index (χ1n) is 5.35. The van der Waals surface area contributed by atoms with Crippen LogP contribution in [-0.2, 0) is 11.2 Å². The lowest BCUT2D eigenvalue weighted by Gasteiger charge is -2.15. The smallest absolute Gasteiger partial charge is 0.275 e. The Kier molecular flexibility index (Phi) is 3.60. The fraction of sp³-hybridized carbons (Fsp3) is 0.500. The number of Topliss-reactive ketones (excluding diaryl/α,β-unsaturated/α-hetero) is 1. The highest BCUT2D eigenvalue weighted by Gasteiger charge is 2.22. The lowest BCUT2D eigenvalue weighted by Crippen LogP contribution is -2.22. The van der Waals surface area contributed by atoms with Crippen LogP contribution in [0.15, 0.2) is 12.3 Å². The van der Waals surface area contributed by atoms with Crippen molar-refractivity contribution >= 4 is 11.5 Å². The van der Waals surface area contributed by atoms with Gasteiger partial charge in [0.15, 0.2) is 0 Å². The van der Waals surface area contributed by atoms with Crippen molar-refractivity contribution in [3.05, 3.63) is 33.6 Å². The summed E-state index contributed by atoms with van der Waals surface area (Å²) in [6.45, 7) is 7.08. The molecule has 5 heteroatoms. The van der Waals surface area contributed by atoms with Gasteiger partial charge < -0.3 is 0 Å². The molecular weight excluding hydrogens is 220 g/mol. The van der Waals surface area contributed by atoms with E-state index < -0.39 is 10.3 Å². The second-order valence-corrected chi connectivity index (χ2v) is 5.07. The number of hydrogen-bond acceptors (Lipinski definition) is 4. The number of hydrogen-bond donors (Lipinski definition) is 0. The largest absolute Gasteiger partial charge is 0.299 e. The summed E-state index contributed by atoms with van der Waals surface area (Å²) in [4.78, 5) is 26.1. The van der Waals surface area contributed by atoms with Crippen LogP contribution in [0.1, 0.15) is 32.0 Å². The van der Waals surface area contributed by atoms with Crippen LogP contribution in [-0.4, -0.2) is 15.7 Å². The summed E-state index contributed by atoms with van der Waals surface area (Å²) in [6.07, 6.45) is 1.56. The number of ketones is 1. The van der Waals surface area contributed by atoms with Gasteiger partial charge in [0.2, 0.25) is 0 Å². The van der Waals surface area contributed by atoms with Crippen LogP contribution >= 0.6 is 0 Å². The number of nitrogens with zero attached hydrogens (tertiary/aromatic N) is 2. The zero-order chi connectivity index (χ0) is 13.2. The number of carbonyl (C=O) groups excluding carboxylic acids is 1. The van der Waals surface area contributed by atoms with Crippen LogP contribution < -0.4 is 0 Å². The SMILES string of the molecule is Cc1cnc(CC(=O)C(C)(C)C)cc1[N+](=O)[O-]. The summed E-state index contributed by atoms with van der Waals surface area (Å²) >= 11 is 0. The van der Waals surface area contributed by atoms with Crippen molar-refractivity contribution in [2.45, 2.75) is 34.1 Å². The number of aromatic nitrogens is 1. The second-order valence-electron chi connectivity index (χ2n) is 5.07. The molecule has 5 nitrogen and oxygen atoms in total. The normalized spacial score (nSPS) is 11.3. The molecule has 1 rings (SSSR count). The number of aryl methyl sites for hydroxylation is 1. The topological polar surface area (TPSA) is 73.1 Å². The Bertz CT molecular complexity index is 461. The average molecular weight is 236 g/mol. The van der Waals surface area contributed by atoms with Crippen LogP contribution in [0.5, 0.6) is 0 Å². The van der Waals surface area contributed by atoms with Crippen molar-refractivity contribution in [1.29, 1.82) is 0 Å². The molecule has 92 valence electrons. The molecule has 0 aliphatic heterocycles. The first kappa shape index (κ1) is 13.3. The summed E-state index contributed by atoms with van der Waals surface area (Å²) in [6, 6.07) is 1.37. The maximum absolute atomic E-state index is 11.8. The van der Waals surface area contributed by atoms with Crippen molar-refractivity contribution in [1.82, 2.24) is 4.98 Å². The van der Waals surface area contributed by atoms with Gasteiger partial charge in [0.05, 0.1) is 10.6 Å². The molecule has 0 saturated carbocycles. The minimum Gasteiger partial charge on any atom is -0.299 e. The molecule has 0 bridgehead atoms. The van der Waals surface area contributed by atoms with Crippen LogP contribution in [0.4, 0.5) is 5.69 Å². The number of pyridine rings is 1. The molecule has 0 N–H and O–H groups in total. The highest BCUT2D eigenvalue weighted by Crippen LogP contribution is 2.21. The van der Waals surface area contributed by atoms with Gasteiger partial charge in [-0.05, 0) is 6.92 Å². The first-order chi connectivity index (χ1) is 7.71. The third kappa shape index (κ3) is 3.34. The van der Waals surface area contributed by atoms with Gasteiger partial charge in [0.1, 0.15) is 5.78 Å². The molecule has 0 fully saturated rings. The fourth-order valence-electron chi connectivity index (χ4n) is 1.28. The van der Waals surface area contributed by atoms with Crippen LogP contribution in [0.3, 0.4) is 0 Å². The molecular formula is C12H16N2O3. The van der Waals surface area contributed by atoms with Crippen molar-refractivity contribution in [2.24, 2.45) is 5.41 Å². The van der Waals surface area contributed by atoms with E-state index in [1.807, 2.05) is 20.8 Å². The van der Waals surface area contributed by atoms with E-state index >= 15 is 0 Å². The van der Waals surface area contributed by atoms with Gasteiger partial charge in [-0.3, -0.25) is 19.9 Å². The van der Waals surface area contributed by atoms with E-state index in [1.165, 1.54) is 12.3 Å². The quantitative estimate of drug-likeness (QED) is 0.596. The Hall–Kier alpha value is -1.78. The molecule has 1 aromatic heterocycles. The Labute approximate surface area is 100 Å². The maximum atomic E-state index is 11.8. The summed E-state index contributed by atoms with van der Waals surface area (Å²) in [5.41, 5.74) is 0.502. The minimum absolute atomic E-state index is 0.0108. The minimum atomic E-state index is -0.457. The Morgan fingerprint density at radius 1 is 1.47 bits per heavy atom. The number of nitro groups is 1. The lowest BCUT2D eigenvalue weighted by molar-refractivity contribution is -0.385. The first-order valence-corrected chi connectivity index (χ1v) is 5.35. The van der Waals surface area contributed by atoms with E-state index in [0.29, 0.717) is 11.3 Å². The van der Waals surface area contributed by atoms with Gasteiger partial charge >= 0.3 is 0 Å². The molecule has 1 aromatic rings. The van der Waals surface area contributed by atoms with E-state index in [0.717, 1.165) is 0 Å². The van der Waals surface area contributed by atoms with Gasteiger partial charge in [-0.2, -0.15) is 0 Å². The summed E-state index contributed by atoms with van der Waals surface area (Å²) < 4.78 is 0. The predicted octanol–water partition coefficient (Wildman–Crippen LogP) is 2.46. The lowest BCUT2D eigenvalue weighted by atomic mass is 9.88. The van der Waals surface area contributed by atoms with Gasteiger partial charge in [0.25, 0.3) is 5.69 Å². The Morgan fingerprint density at radius 2 is 2.06 bits per heavy atom. The van der Waals surface area contributed by atoms with Gasteiger partial charge in [-0.15, -0.1) is 0 Å². The van der Waals surface area contributed by atoms with Crippen LogP contribution in [0.25, 0.3) is 0 Å². The third-order valence-electron chi connectivity index (χ3n) is 2.51. The van der Waals surface area contributed by atoms with Gasteiger partial charge in [-0.25, -0.2) is 0 Å². The number of carbonyl (C=O) groups is 1. The molecule has 0 aliphatic rings. The number of rotatable bonds is 3. The molecule has 0 atom stereocenters. The van der Waals surface area contributed by atoms with Crippen molar-refractivity contribution < 1.29 is 9.72 Å². The third-order valence-corrected chi connectivity index (χ3v) is 2.51. The Morgan fingerprint density at radius 3 is 2.53 bits per heavy atom. The molecule has 0 spiro atoms. The molecule has 17 heavy (non-hydrogen) atoms. The van der Waals surface area contributed by atoms with E-state index in [1.54, 1.807) is 6.92 Å². The zero-order valence-electron chi connectivity index (χ0n) is 10.5. The Balaban J connectivity index is 2.98. The zero-order valence-corrected chi connectivity index (χ0v) is 10.5. The highest BCUT2D eigenvalue weighted by molar-refractivity contribution is 5.85. The molecule has 0 saturated heterocycles. The maximum Gasteiger partial charge on any atom is 0.275 e. The molecule has 0 unspecified atom stereocenters. The van der Waals surface area contributed by atoms with Crippen LogP contribution in [0.2, 0.25) is 0 Å². The van der Waals surface area contributed by atoms with Gasteiger partial charge in [-0.1, -0.05) is 20.8 Å². The van der Waals surface area contributed by atoms with Crippen molar-refractivity contribution in [3.63, 3.8) is 0 Å². The standard InChI is InChI=1S/C12H16N2O3/c1-8-7-13-9(5-10(8)14(16)17)6-11(15)12(2,3)4/h5,7H,6H2,1-4H3. The molecule has 1 heterocycles. The van der Waals surface area contributed by atoms with Gasteiger partial charge in [0, 0.05) is 29.7 Å². The second kappa shape index (κ2) is 4.61. The van der Waals surface area contributed by atoms with E-state index in [2.05, 4.69) is 4.98 Å². The molecule has 0 aliphatic carbocycles. The van der Waals surface area contributed by atoms with E-state index in [-0.39, 0.29) is 17.9 Å². The average Bonchev–Trinajstić information content (AvgIpc) is 2.19. The highest BCUT2D eigenvalue weighted by atomic mass is 16.6. The van der Waals surface area contributed by atoms with Crippen molar-refractivity contribution in [2.75, 3.05) is 0 Å². The molecule has 0 amide bonds. The van der Waals surface area contributed by atoms with E-state index in [9.17, 15) is 14.9 Å². The fourth-order valence-corrected chi connectivity index (χ4v) is 1.28. The summed E-state index contributed by atoms with van der Waals surface area (Å²) in [5.74, 6) is 0.0168.